The van der Waals surface area contributed by atoms with Crippen LogP contribution in [0.1, 0.15) is 17.9 Å². The topological polar surface area (TPSA) is 38.5 Å². The second kappa shape index (κ2) is 7.52. The summed E-state index contributed by atoms with van der Waals surface area (Å²) in [7, 11) is 2.17. The Hall–Kier alpha value is -1.71. The van der Waals surface area contributed by atoms with Crippen LogP contribution in [0.5, 0.6) is 5.75 Å². The number of nitrogens with zero attached hydrogens (tertiary/aromatic N) is 1. The summed E-state index contributed by atoms with van der Waals surface area (Å²) in [5.74, 6) is 1.26. The van der Waals surface area contributed by atoms with E-state index in [0.29, 0.717) is 5.92 Å². The molecule has 1 aliphatic heterocycles. The average Bonchev–Trinajstić information content (AvgIpc) is 2.50. The maximum absolute atomic E-state index is 6.24. The molecule has 2 aromatic rings. The molecule has 1 aliphatic rings. The first-order valence-corrected chi connectivity index (χ1v) is 7.48. The Balaban J connectivity index is 0.00000176. The summed E-state index contributed by atoms with van der Waals surface area (Å²) in [5.41, 5.74) is 7.94. The van der Waals surface area contributed by atoms with E-state index in [1.54, 1.807) is 0 Å². The molecular formula is C18H23ClN2O. The van der Waals surface area contributed by atoms with Crippen LogP contribution >= 0.6 is 12.4 Å². The van der Waals surface area contributed by atoms with Gasteiger partial charge in [-0.2, -0.15) is 0 Å². The highest BCUT2D eigenvalue weighted by Crippen LogP contribution is 2.30. The summed E-state index contributed by atoms with van der Waals surface area (Å²) in [4.78, 5) is 2.37. The third-order valence-corrected chi connectivity index (χ3v) is 4.13. The number of hydrogen-bond donors (Lipinski definition) is 1. The van der Waals surface area contributed by atoms with Crippen LogP contribution in [0.15, 0.2) is 54.6 Å². The van der Waals surface area contributed by atoms with Gasteiger partial charge in [0, 0.05) is 30.8 Å². The zero-order chi connectivity index (χ0) is 14.7. The summed E-state index contributed by atoms with van der Waals surface area (Å²) >= 11 is 0. The van der Waals surface area contributed by atoms with Gasteiger partial charge in [-0.1, -0.05) is 36.4 Å². The lowest BCUT2D eigenvalue weighted by Crippen LogP contribution is -2.42. The molecule has 0 unspecified atom stereocenters. The van der Waals surface area contributed by atoms with Gasteiger partial charge < -0.3 is 15.4 Å². The summed E-state index contributed by atoms with van der Waals surface area (Å²) in [6.45, 7) is 2.09. The van der Waals surface area contributed by atoms with Crippen molar-refractivity contribution in [3.8, 4) is 5.75 Å². The third-order valence-electron chi connectivity index (χ3n) is 4.13. The quantitative estimate of drug-likeness (QED) is 0.879. The molecule has 3 rings (SSSR count). The van der Waals surface area contributed by atoms with Gasteiger partial charge in [-0.05, 0) is 31.2 Å². The highest BCUT2D eigenvalue weighted by molar-refractivity contribution is 5.85. The minimum Gasteiger partial charge on any atom is -0.490 e. The number of piperidine rings is 1. The van der Waals surface area contributed by atoms with Gasteiger partial charge in [0.2, 0.25) is 0 Å². The van der Waals surface area contributed by atoms with E-state index in [4.69, 9.17) is 10.5 Å². The lowest BCUT2D eigenvalue weighted by Gasteiger charge is -2.37. The van der Waals surface area contributed by atoms with E-state index in [2.05, 4.69) is 42.3 Å². The van der Waals surface area contributed by atoms with Crippen molar-refractivity contribution in [1.29, 1.82) is 0 Å². The van der Waals surface area contributed by atoms with Crippen molar-refractivity contribution in [3.05, 3.63) is 60.2 Å². The number of anilines is 1. The second-order valence-electron chi connectivity index (χ2n) is 5.80. The summed E-state index contributed by atoms with van der Waals surface area (Å²) < 4.78 is 6.24. The van der Waals surface area contributed by atoms with Gasteiger partial charge in [0.15, 0.2) is 0 Å². The molecule has 3 nitrogen and oxygen atoms in total. The van der Waals surface area contributed by atoms with E-state index >= 15 is 0 Å². The zero-order valence-corrected chi connectivity index (χ0v) is 13.6. The average molecular weight is 319 g/mol. The minimum absolute atomic E-state index is 0. The molecule has 0 aliphatic carbocycles. The minimum atomic E-state index is 0. The molecule has 4 heteroatoms. The number of benzene rings is 2. The van der Waals surface area contributed by atoms with Crippen molar-refractivity contribution in [3.63, 3.8) is 0 Å². The number of hydrogen-bond acceptors (Lipinski definition) is 3. The Kier molecular flexibility index (Phi) is 5.69. The molecule has 0 bridgehead atoms. The first-order chi connectivity index (χ1) is 10.2. The van der Waals surface area contributed by atoms with Crippen molar-refractivity contribution < 1.29 is 4.74 Å². The number of likely N-dealkylation sites (tertiary alicyclic amines) is 1. The monoisotopic (exact) mass is 318 g/mol. The molecule has 22 heavy (non-hydrogen) atoms. The number of rotatable bonds is 3. The van der Waals surface area contributed by atoms with Crippen LogP contribution in [-0.4, -0.2) is 31.1 Å². The van der Waals surface area contributed by atoms with Crippen LogP contribution in [0.2, 0.25) is 0 Å². The molecule has 0 spiro atoms. The van der Waals surface area contributed by atoms with E-state index < -0.39 is 0 Å². The molecule has 0 amide bonds. The van der Waals surface area contributed by atoms with Gasteiger partial charge in [-0.15, -0.1) is 12.4 Å². The second-order valence-corrected chi connectivity index (χ2v) is 5.80. The molecule has 1 fully saturated rings. The SMILES string of the molecule is CN1CC[C@H](Oc2cccc(N)c2)[C@H](c2ccccc2)C1.Cl. The van der Waals surface area contributed by atoms with Crippen LogP contribution in [0.3, 0.4) is 0 Å². The summed E-state index contributed by atoms with van der Waals surface area (Å²) in [6, 6.07) is 18.4. The Bertz CT molecular complexity index is 591. The van der Waals surface area contributed by atoms with Gasteiger partial charge in [-0.3, -0.25) is 0 Å². The van der Waals surface area contributed by atoms with Crippen LogP contribution in [0, 0.1) is 0 Å². The van der Waals surface area contributed by atoms with E-state index in [1.165, 1.54) is 5.56 Å². The standard InChI is InChI=1S/C18H22N2O.ClH/c1-20-11-10-18(21-16-9-5-8-15(19)12-16)17(13-20)14-6-3-2-4-7-14;/h2-9,12,17-18H,10-11,13,19H2,1H3;1H/t17-,18-;/m0./s1. The molecular weight excluding hydrogens is 296 g/mol. The first kappa shape index (κ1) is 16.7. The molecule has 0 aromatic heterocycles. The van der Waals surface area contributed by atoms with Gasteiger partial charge >= 0.3 is 0 Å². The highest BCUT2D eigenvalue weighted by atomic mass is 35.5. The Morgan fingerprint density at radius 2 is 1.86 bits per heavy atom. The van der Waals surface area contributed by atoms with Gasteiger partial charge in [0.05, 0.1) is 0 Å². The van der Waals surface area contributed by atoms with Crippen LogP contribution in [0.4, 0.5) is 5.69 Å². The molecule has 118 valence electrons. The number of nitrogen functional groups attached to an aromatic ring is 1. The third kappa shape index (κ3) is 3.93. The lowest BCUT2D eigenvalue weighted by molar-refractivity contribution is 0.0903. The Morgan fingerprint density at radius 1 is 1.09 bits per heavy atom. The normalized spacial score (nSPS) is 21.9. The largest absolute Gasteiger partial charge is 0.490 e. The molecule has 1 saturated heterocycles. The molecule has 0 radical (unpaired) electrons. The maximum Gasteiger partial charge on any atom is 0.121 e. The maximum atomic E-state index is 6.24. The molecule has 2 aromatic carbocycles. The Labute approximate surface area is 138 Å². The van der Waals surface area contributed by atoms with Crippen molar-refractivity contribution in [1.82, 2.24) is 4.90 Å². The molecule has 1 heterocycles. The zero-order valence-electron chi connectivity index (χ0n) is 12.8. The van der Waals surface area contributed by atoms with E-state index in [-0.39, 0.29) is 18.5 Å². The number of likely N-dealkylation sites (N-methyl/N-ethyl adjacent to an activating group) is 1. The number of ether oxygens (including phenoxy) is 1. The molecule has 2 N–H and O–H groups in total. The number of halogens is 1. The van der Waals surface area contributed by atoms with Crippen LogP contribution in [0.25, 0.3) is 0 Å². The lowest BCUT2D eigenvalue weighted by atomic mass is 9.88. The van der Waals surface area contributed by atoms with E-state index in [1.807, 2.05) is 24.3 Å². The van der Waals surface area contributed by atoms with E-state index in [0.717, 1.165) is 30.9 Å². The fourth-order valence-electron chi connectivity index (χ4n) is 3.02. The predicted octanol–water partition coefficient (Wildman–Crippen LogP) is 3.56. The molecule has 0 saturated carbocycles. The highest BCUT2D eigenvalue weighted by Gasteiger charge is 2.30. The smallest absolute Gasteiger partial charge is 0.121 e. The summed E-state index contributed by atoms with van der Waals surface area (Å²) in [5, 5.41) is 0. The van der Waals surface area contributed by atoms with Crippen LogP contribution in [-0.2, 0) is 0 Å². The van der Waals surface area contributed by atoms with Crippen molar-refractivity contribution in [2.75, 3.05) is 25.9 Å². The van der Waals surface area contributed by atoms with Crippen LogP contribution < -0.4 is 10.5 Å². The Morgan fingerprint density at radius 3 is 2.59 bits per heavy atom. The van der Waals surface area contributed by atoms with Gasteiger partial charge in [-0.25, -0.2) is 0 Å². The fraction of sp³-hybridized carbons (Fsp3) is 0.333. The van der Waals surface area contributed by atoms with Crippen molar-refractivity contribution in [2.45, 2.75) is 18.4 Å². The predicted molar refractivity (Wildman–Crippen MR) is 93.8 cm³/mol. The van der Waals surface area contributed by atoms with Gasteiger partial charge in [0.1, 0.15) is 11.9 Å². The first-order valence-electron chi connectivity index (χ1n) is 7.48. The van der Waals surface area contributed by atoms with Crippen molar-refractivity contribution in [2.24, 2.45) is 0 Å². The summed E-state index contributed by atoms with van der Waals surface area (Å²) in [6.07, 6.45) is 1.23. The van der Waals surface area contributed by atoms with Gasteiger partial charge in [0.25, 0.3) is 0 Å². The van der Waals surface area contributed by atoms with E-state index in [9.17, 15) is 0 Å². The fourth-order valence-corrected chi connectivity index (χ4v) is 3.02. The van der Waals surface area contributed by atoms with Crippen molar-refractivity contribution >= 4 is 18.1 Å². The number of nitrogens with two attached hydrogens (primary N) is 1. The molecule has 2 atom stereocenters.